The second kappa shape index (κ2) is 4.63. The van der Waals surface area contributed by atoms with Crippen molar-refractivity contribution in [3.8, 4) is 0 Å². The third-order valence-electron chi connectivity index (χ3n) is 3.32. The molecule has 0 amide bonds. The lowest BCUT2D eigenvalue weighted by Gasteiger charge is -2.32. The Morgan fingerprint density at radius 2 is 2.00 bits per heavy atom. The molecule has 0 bridgehead atoms. The van der Waals surface area contributed by atoms with Gasteiger partial charge < -0.3 is 5.73 Å². The number of hydrogen-bond acceptors (Lipinski definition) is 1. The van der Waals surface area contributed by atoms with Crippen molar-refractivity contribution in [3.63, 3.8) is 0 Å². The smallest absolute Gasteiger partial charge is 0.00448 e. The molecule has 0 spiro atoms. The van der Waals surface area contributed by atoms with Crippen LogP contribution in [0, 0.1) is 5.41 Å². The molecule has 1 aromatic carbocycles. The summed E-state index contributed by atoms with van der Waals surface area (Å²) >= 11 is 0. The van der Waals surface area contributed by atoms with E-state index in [-0.39, 0.29) is 5.41 Å². The summed E-state index contributed by atoms with van der Waals surface area (Å²) in [6.07, 6.45) is 9.44. The fourth-order valence-electron chi connectivity index (χ4n) is 2.38. The average molecular weight is 201 g/mol. The molecule has 1 aliphatic carbocycles. The monoisotopic (exact) mass is 201 g/mol. The molecule has 1 atom stereocenters. The molecule has 2 N–H and O–H groups in total. The van der Waals surface area contributed by atoms with E-state index in [0.29, 0.717) is 0 Å². The Labute approximate surface area is 92.0 Å². The second-order valence-corrected chi connectivity index (χ2v) is 4.52. The predicted molar refractivity (Wildman–Crippen MR) is 64.6 cm³/mol. The van der Waals surface area contributed by atoms with E-state index in [2.05, 4.69) is 42.5 Å². The third-order valence-corrected chi connectivity index (χ3v) is 3.32. The van der Waals surface area contributed by atoms with Crippen molar-refractivity contribution in [1.82, 2.24) is 0 Å². The van der Waals surface area contributed by atoms with Crippen LogP contribution in [-0.2, 0) is 6.42 Å². The van der Waals surface area contributed by atoms with Gasteiger partial charge in [0.25, 0.3) is 0 Å². The molecule has 1 nitrogen and oxygen atoms in total. The van der Waals surface area contributed by atoms with E-state index >= 15 is 0 Å². The van der Waals surface area contributed by atoms with Crippen LogP contribution in [0.15, 0.2) is 42.5 Å². The second-order valence-electron chi connectivity index (χ2n) is 4.52. The molecule has 1 unspecified atom stereocenters. The van der Waals surface area contributed by atoms with Crippen molar-refractivity contribution in [2.24, 2.45) is 11.1 Å². The lowest BCUT2D eigenvalue weighted by atomic mass is 9.74. The zero-order chi connectivity index (χ0) is 10.6. The van der Waals surface area contributed by atoms with Crippen molar-refractivity contribution >= 4 is 0 Å². The van der Waals surface area contributed by atoms with E-state index in [1.54, 1.807) is 0 Å². The Hall–Kier alpha value is -1.08. The van der Waals surface area contributed by atoms with Crippen molar-refractivity contribution in [1.29, 1.82) is 0 Å². The summed E-state index contributed by atoms with van der Waals surface area (Å²) in [5.41, 5.74) is 7.55. The lowest BCUT2D eigenvalue weighted by Crippen LogP contribution is -2.32. The number of nitrogens with two attached hydrogens (primary N) is 1. The third kappa shape index (κ3) is 2.48. The Bertz CT molecular complexity index is 328. The highest BCUT2D eigenvalue weighted by molar-refractivity contribution is 5.20. The molecule has 0 aliphatic heterocycles. The molecule has 1 aliphatic rings. The van der Waals surface area contributed by atoms with Crippen LogP contribution in [-0.4, -0.2) is 6.54 Å². The first-order valence-electron chi connectivity index (χ1n) is 5.76. The first kappa shape index (κ1) is 10.4. The summed E-state index contributed by atoms with van der Waals surface area (Å²) in [5.74, 6) is 0. The van der Waals surface area contributed by atoms with Crippen LogP contribution in [0.4, 0.5) is 0 Å². The van der Waals surface area contributed by atoms with Crippen molar-refractivity contribution in [2.45, 2.75) is 25.7 Å². The van der Waals surface area contributed by atoms with E-state index in [9.17, 15) is 0 Å². The Kier molecular flexibility index (Phi) is 3.22. The molecule has 0 fully saturated rings. The molecule has 0 saturated carbocycles. The molecule has 80 valence electrons. The zero-order valence-electron chi connectivity index (χ0n) is 9.15. The molecule has 0 aromatic heterocycles. The zero-order valence-corrected chi connectivity index (χ0v) is 9.15. The Morgan fingerprint density at radius 1 is 1.20 bits per heavy atom. The first-order valence-corrected chi connectivity index (χ1v) is 5.76. The van der Waals surface area contributed by atoms with Crippen LogP contribution in [0.2, 0.25) is 0 Å². The van der Waals surface area contributed by atoms with Gasteiger partial charge in [0, 0.05) is 12.0 Å². The molecular weight excluding hydrogens is 182 g/mol. The summed E-state index contributed by atoms with van der Waals surface area (Å²) in [4.78, 5) is 0. The maximum atomic E-state index is 5.93. The van der Waals surface area contributed by atoms with Crippen LogP contribution in [0.1, 0.15) is 24.8 Å². The van der Waals surface area contributed by atoms with Crippen LogP contribution >= 0.6 is 0 Å². The number of benzene rings is 1. The van der Waals surface area contributed by atoms with E-state index < -0.39 is 0 Å². The first-order chi connectivity index (χ1) is 7.35. The van der Waals surface area contributed by atoms with Crippen LogP contribution in [0.3, 0.4) is 0 Å². The molecule has 1 heteroatoms. The highest BCUT2D eigenvalue weighted by atomic mass is 14.6. The SMILES string of the molecule is NCC1(Cc2ccccc2)C=CCCC1. The van der Waals surface area contributed by atoms with E-state index in [1.807, 2.05) is 0 Å². The summed E-state index contributed by atoms with van der Waals surface area (Å²) in [6.45, 7) is 0.762. The van der Waals surface area contributed by atoms with Crippen molar-refractivity contribution < 1.29 is 0 Å². The number of allylic oxidation sites excluding steroid dienone is 1. The van der Waals surface area contributed by atoms with Gasteiger partial charge in [0.15, 0.2) is 0 Å². The average Bonchev–Trinajstić information content (AvgIpc) is 2.32. The maximum Gasteiger partial charge on any atom is 0.00448 e. The summed E-state index contributed by atoms with van der Waals surface area (Å²) in [5, 5.41) is 0. The molecule has 0 radical (unpaired) electrons. The van der Waals surface area contributed by atoms with E-state index in [0.717, 1.165) is 13.0 Å². The normalized spacial score (nSPS) is 25.4. The van der Waals surface area contributed by atoms with Gasteiger partial charge in [-0.3, -0.25) is 0 Å². The fraction of sp³-hybridized carbons (Fsp3) is 0.429. The highest BCUT2D eigenvalue weighted by Crippen LogP contribution is 2.33. The van der Waals surface area contributed by atoms with Gasteiger partial charge in [0.2, 0.25) is 0 Å². The van der Waals surface area contributed by atoms with Gasteiger partial charge in [-0.25, -0.2) is 0 Å². The van der Waals surface area contributed by atoms with Gasteiger partial charge in [-0.2, -0.15) is 0 Å². The summed E-state index contributed by atoms with van der Waals surface area (Å²) in [7, 11) is 0. The molecule has 1 aromatic rings. The van der Waals surface area contributed by atoms with Crippen LogP contribution < -0.4 is 5.73 Å². The minimum Gasteiger partial charge on any atom is -0.330 e. The molecule has 2 rings (SSSR count). The van der Waals surface area contributed by atoms with Crippen LogP contribution in [0.25, 0.3) is 0 Å². The fourth-order valence-corrected chi connectivity index (χ4v) is 2.38. The lowest BCUT2D eigenvalue weighted by molar-refractivity contribution is 0.336. The largest absolute Gasteiger partial charge is 0.330 e. The van der Waals surface area contributed by atoms with Crippen molar-refractivity contribution in [2.75, 3.05) is 6.54 Å². The van der Waals surface area contributed by atoms with Gasteiger partial charge in [-0.1, -0.05) is 42.5 Å². The van der Waals surface area contributed by atoms with Gasteiger partial charge in [0.1, 0.15) is 0 Å². The van der Waals surface area contributed by atoms with E-state index in [1.165, 1.54) is 24.8 Å². The molecule has 0 heterocycles. The standard InChI is InChI=1S/C14H19N/c15-12-14(9-5-2-6-10-14)11-13-7-3-1-4-8-13/h1,3-5,7-9H,2,6,10-12,15H2. The molecule has 0 saturated heterocycles. The number of hydrogen-bond donors (Lipinski definition) is 1. The van der Waals surface area contributed by atoms with Gasteiger partial charge >= 0.3 is 0 Å². The summed E-state index contributed by atoms with van der Waals surface area (Å²) in [6, 6.07) is 10.7. The van der Waals surface area contributed by atoms with Crippen molar-refractivity contribution in [3.05, 3.63) is 48.0 Å². The topological polar surface area (TPSA) is 26.0 Å². The minimum absolute atomic E-state index is 0.222. The van der Waals surface area contributed by atoms with Gasteiger partial charge in [-0.15, -0.1) is 0 Å². The highest BCUT2D eigenvalue weighted by Gasteiger charge is 2.26. The minimum atomic E-state index is 0.222. The Morgan fingerprint density at radius 3 is 2.60 bits per heavy atom. The number of rotatable bonds is 3. The summed E-state index contributed by atoms with van der Waals surface area (Å²) < 4.78 is 0. The van der Waals surface area contributed by atoms with Gasteiger partial charge in [0.05, 0.1) is 0 Å². The molecular formula is C14H19N. The predicted octanol–water partition coefficient (Wildman–Crippen LogP) is 2.91. The molecule has 15 heavy (non-hydrogen) atoms. The van der Waals surface area contributed by atoms with Gasteiger partial charge in [-0.05, 0) is 31.2 Å². The van der Waals surface area contributed by atoms with Crippen LogP contribution in [0.5, 0.6) is 0 Å². The van der Waals surface area contributed by atoms with E-state index in [4.69, 9.17) is 5.73 Å². The maximum absolute atomic E-state index is 5.93. The quantitative estimate of drug-likeness (QED) is 0.748. The Balaban J connectivity index is 2.14.